The van der Waals surface area contributed by atoms with Gasteiger partial charge >= 0.3 is 6.03 Å². The Morgan fingerprint density at radius 3 is 2.45 bits per heavy atom. The SMILES string of the molecule is COc1ccc([C@@H]2c3[nH]c4ccc(OC)cc4c3CCN2C(=O)Nc2ccccc2C)cc1. The van der Waals surface area contributed by atoms with Crippen LogP contribution in [0.4, 0.5) is 10.5 Å². The molecule has 0 unspecified atom stereocenters. The van der Waals surface area contributed by atoms with Crippen molar-refractivity contribution >= 4 is 22.6 Å². The van der Waals surface area contributed by atoms with E-state index in [2.05, 4.69) is 16.4 Å². The van der Waals surface area contributed by atoms with Crippen LogP contribution in [0.15, 0.2) is 66.7 Å². The Balaban J connectivity index is 1.59. The summed E-state index contributed by atoms with van der Waals surface area (Å²) in [4.78, 5) is 19.0. The van der Waals surface area contributed by atoms with Crippen molar-refractivity contribution in [3.8, 4) is 11.5 Å². The average Bonchev–Trinajstić information content (AvgIpc) is 3.22. The fraction of sp³-hybridized carbons (Fsp3) is 0.222. The number of aromatic nitrogens is 1. The molecule has 1 aliphatic heterocycles. The van der Waals surface area contributed by atoms with Crippen LogP contribution in [0, 0.1) is 6.92 Å². The molecule has 0 saturated carbocycles. The van der Waals surface area contributed by atoms with Gasteiger partial charge in [-0.1, -0.05) is 30.3 Å². The highest BCUT2D eigenvalue weighted by Gasteiger charge is 2.35. The summed E-state index contributed by atoms with van der Waals surface area (Å²) in [5, 5.41) is 4.25. The topological polar surface area (TPSA) is 66.6 Å². The number of fused-ring (bicyclic) bond motifs is 3. The zero-order valence-corrected chi connectivity index (χ0v) is 19.0. The summed E-state index contributed by atoms with van der Waals surface area (Å²) >= 11 is 0. The Hall–Kier alpha value is -3.93. The molecule has 4 aromatic rings. The van der Waals surface area contributed by atoms with Crippen LogP contribution in [0.3, 0.4) is 0 Å². The predicted molar refractivity (Wildman–Crippen MR) is 130 cm³/mol. The molecular weight excluding hydrogens is 414 g/mol. The number of amides is 2. The molecule has 6 heteroatoms. The number of nitrogens with one attached hydrogen (secondary N) is 2. The van der Waals surface area contributed by atoms with Crippen LogP contribution >= 0.6 is 0 Å². The molecule has 1 atom stereocenters. The van der Waals surface area contributed by atoms with Gasteiger partial charge in [0.2, 0.25) is 0 Å². The van der Waals surface area contributed by atoms with Gasteiger partial charge in [-0.3, -0.25) is 0 Å². The molecule has 6 nitrogen and oxygen atoms in total. The van der Waals surface area contributed by atoms with Gasteiger partial charge in [0.1, 0.15) is 11.5 Å². The quantitative estimate of drug-likeness (QED) is 0.429. The number of benzene rings is 3. The number of carbonyl (C=O) groups excluding carboxylic acids is 1. The van der Waals surface area contributed by atoms with E-state index in [1.54, 1.807) is 14.2 Å². The summed E-state index contributed by atoms with van der Waals surface area (Å²) in [6.45, 7) is 2.60. The zero-order chi connectivity index (χ0) is 22.9. The largest absolute Gasteiger partial charge is 0.497 e. The van der Waals surface area contributed by atoms with Crippen LogP contribution in [0.25, 0.3) is 10.9 Å². The van der Waals surface area contributed by atoms with Crippen molar-refractivity contribution in [3.05, 3.63) is 89.1 Å². The monoisotopic (exact) mass is 441 g/mol. The standard InChI is InChI=1S/C27H27N3O3/c1-17-6-4-5-7-23(17)29-27(31)30-15-14-21-22-16-20(33-3)12-13-24(22)28-25(21)26(30)18-8-10-19(32-2)11-9-18/h4-13,16,26,28H,14-15H2,1-3H3,(H,29,31)/t26-/m1/s1. The van der Waals surface area contributed by atoms with Crippen LogP contribution in [-0.4, -0.2) is 36.7 Å². The smallest absolute Gasteiger partial charge is 0.322 e. The lowest BCUT2D eigenvalue weighted by atomic mass is 9.92. The van der Waals surface area contributed by atoms with Gasteiger partial charge in [0.15, 0.2) is 0 Å². The van der Waals surface area contributed by atoms with Crippen LogP contribution in [0.1, 0.15) is 28.4 Å². The normalized spacial score (nSPS) is 15.2. The third-order valence-corrected chi connectivity index (χ3v) is 6.41. The number of hydrogen-bond acceptors (Lipinski definition) is 3. The lowest BCUT2D eigenvalue weighted by Crippen LogP contribution is -2.43. The van der Waals surface area contributed by atoms with Crippen molar-refractivity contribution in [2.75, 3.05) is 26.1 Å². The number of nitrogens with zero attached hydrogens (tertiary/aromatic N) is 1. The number of para-hydroxylation sites is 1. The summed E-state index contributed by atoms with van der Waals surface area (Å²) in [6, 6.07) is 21.4. The molecule has 0 fully saturated rings. The van der Waals surface area contributed by atoms with Gasteiger partial charge in [0.25, 0.3) is 0 Å². The zero-order valence-electron chi connectivity index (χ0n) is 19.0. The van der Waals surface area contributed by atoms with E-state index in [0.717, 1.165) is 51.3 Å². The van der Waals surface area contributed by atoms with Gasteiger partial charge < -0.3 is 24.7 Å². The Labute approximate surface area is 193 Å². The second kappa shape index (κ2) is 8.54. The molecule has 0 radical (unpaired) electrons. The first-order chi connectivity index (χ1) is 16.1. The summed E-state index contributed by atoms with van der Waals surface area (Å²) in [7, 11) is 3.33. The minimum Gasteiger partial charge on any atom is -0.497 e. The number of anilines is 1. The second-order valence-corrected chi connectivity index (χ2v) is 8.29. The van der Waals surface area contributed by atoms with E-state index in [9.17, 15) is 4.79 Å². The molecule has 168 valence electrons. The molecule has 0 spiro atoms. The van der Waals surface area contributed by atoms with E-state index >= 15 is 0 Å². The maximum absolute atomic E-state index is 13.5. The van der Waals surface area contributed by atoms with Crippen LogP contribution < -0.4 is 14.8 Å². The van der Waals surface area contributed by atoms with Gasteiger partial charge in [-0.2, -0.15) is 0 Å². The number of ether oxygens (including phenoxy) is 2. The fourth-order valence-electron chi connectivity index (χ4n) is 4.65. The third-order valence-electron chi connectivity index (χ3n) is 6.41. The van der Waals surface area contributed by atoms with Crippen molar-refractivity contribution in [1.82, 2.24) is 9.88 Å². The molecule has 33 heavy (non-hydrogen) atoms. The first kappa shape index (κ1) is 20.9. The minimum absolute atomic E-state index is 0.119. The average molecular weight is 442 g/mol. The number of carbonyl (C=O) groups is 1. The van der Waals surface area contributed by atoms with Crippen LogP contribution in [0.2, 0.25) is 0 Å². The van der Waals surface area contributed by atoms with E-state index < -0.39 is 0 Å². The van der Waals surface area contributed by atoms with E-state index in [-0.39, 0.29) is 12.1 Å². The highest BCUT2D eigenvalue weighted by Crippen LogP contribution is 2.40. The number of hydrogen-bond donors (Lipinski definition) is 2. The molecule has 1 aromatic heterocycles. The fourth-order valence-corrected chi connectivity index (χ4v) is 4.65. The molecule has 3 aromatic carbocycles. The molecule has 2 amide bonds. The number of H-pyrrole nitrogens is 1. The van der Waals surface area contributed by atoms with E-state index in [4.69, 9.17) is 9.47 Å². The van der Waals surface area contributed by atoms with Crippen LogP contribution in [0.5, 0.6) is 11.5 Å². The molecule has 5 rings (SSSR count). The first-order valence-corrected chi connectivity index (χ1v) is 11.0. The van der Waals surface area contributed by atoms with Crippen LogP contribution in [-0.2, 0) is 6.42 Å². The molecule has 1 aliphatic rings. The molecule has 2 N–H and O–H groups in total. The molecular formula is C27H27N3O3. The Bertz CT molecular complexity index is 1310. The maximum atomic E-state index is 13.5. The van der Waals surface area contributed by atoms with Gasteiger partial charge in [0.05, 0.1) is 20.3 Å². The van der Waals surface area contributed by atoms with Crippen molar-refractivity contribution in [3.63, 3.8) is 0 Å². The number of aryl methyl sites for hydroxylation is 1. The number of methoxy groups -OCH3 is 2. The summed E-state index contributed by atoms with van der Waals surface area (Å²) in [5.41, 5.74) is 6.18. The van der Waals surface area contributed by atoms with Crippen molar-refractivity contribution < 1.29 is 14.3 Å². The minimum atomic E-state index is -0.248. The highest BCUT2D eigenvalue weighted by molar-refractivity contribution is 5.92. The van der Waals surface area contributed by atoms with Gasteiger partial charge in [-0.25, -0.2) is 4.79 Å². The van der Waals surface area contributed by atoms with E-state index in [1.165, 1.54) is 5.56 Å². The summed E-state index contributed by atoms with van der Waals surface area (Å²) in [6.07, 6.45) is 0.760. The number of rotatable bonds is 4. The molecule has 0 aliphatic carbocycles. The predicted octanol–water partition coefficient (Wildman–Crippen LogP) is 5.67. The maximum Gasteiger partial charge on any atom is 0.322 e. The first-order valence-electron chi connectivity index (χ1n) is 11.0. The third kappa shape index (κ3) is 3.78. The van der Waals surface area contributed by atoms with Gasteiger partial charge in [-0.05, 0) is 66.4 Å². The van der Waals surface area contributed by atoms with Crippen molar-refractivity contribution in [2.24, 2.45) is 0 Å². The lowest BCUT2D eigenvalue weighted by molar-refractivity contribution is 0.193. The molecule has 2 heterocycles. The second-order valence-electron chi connectivity index (χ2n) is 8.29. The van der Waals surface area contributed by atoms with Gasteiger partial charge in [0, 0.05) is 28.8 Å². The molecule has 0 saturated heterocycles. The van der Waals surface area contributed by atoms with E-state index in [1.807, 2.05) is 72.5 Å². The Kier molecular flexibility index (Phi) is 5.42. The Morgan fingerprint density at radius 1 is 1.00 bits per heavy atom. The van der Waals surface area contributed by atoms with Crippen molar-refractivity contribution in [2.45, 2.75) is 19.4 Å². The lowest BCUT2D eigenvalue weighted by Gasteiger charge is -2.36. The number of urea groups is 1. The number of aromatic amines is 1. The molecule has 0 bridgehead atoms. The van der Waals surface area contributed by atoms with Gasteiger partial charge in [-0.15, -0.1) is 0 Å². The Morgan fingerprint density at radius 2 is 1.73 bits per heavy atom. The summed E-state index contributed by atoms with van der Waals surface area (Å²) in [5.74, 6) is 1.61. The summed E-state index contributed by atoms with van der Waals surface area (Å²) < 4.78 is 10.8. The highest BCUT2D eigenvalue weighted by atomic mass is 16.5. The van der Waals surface area contributed by atoms with Crippen molar-refractivity contribution in [1.29, 1.82) is 0 Å². The van der Waals surface area contributed by atoms with E-state index in [0.29, 0.717) is 6.54 Å².